The minimum atomic E-state index is -0.358. The van der Waals surface area contributed by atoms with Gasteiger partial charge in [0.05, 0.1) is 25.5 Å². The highest BCUT2D eigenvalue weighted by Gasteiger charge is 2.12. The first-order valence-electron chi connectivity index (χ1n) is 10.1. The fourth-order valence-corrected chi connectivity index (χ4v) is 3.17. The molecule has 0 unspecified atom stereocenters. The van der Waals surface area contributed by atoms with Gasteiger partial charge >= 0.3 is 0 Å². The van der Waals surface area contributed by atoms with Crippen LogP contribution in [-0.2, 0) is 6.61 Å². The summed E-state index contributed by atoms with van der Waals surface area (Å²) in [6.45, 7) is 4.63. The minimum Gasteiger partial charge on any atom is -0.496 e. The number of methoxy groups -OCH3 is 1. The molecule has 0 aromatic heterocycles. The maximum absolute atomic E-state index is 12.4. The third kappa shape index (κ3) is 6.02. The van der Waals surface area contributed by atoms with E-state index in [0.29, 0.717) is 41.0 Å². The topological polar surface area (TPSA) is 69.2 Å². The highest BCUT2D eigenvalue weighted by Crippen LogP contribution is 2.29. The van der Waals surface area contributed by atoms with Gasteiger partial charge in [0.1, 0.15) is 12.4 Å². The molecule has 0 radical (unpaired) electrons. The van der Waals surface area contributed by atoms with Crippen LogP contribution in [0.1, 0.15) is 34.0 Å². The number of rotatable bonds is 9. The number of ether oxygens (including phenoxy) is 3. The molecule has 1 N–H and O–H groups in total. The average molecular weight is 453 g/mol. The summed E-state index contributed by atoms with van der Waals surface area (Å²) < 4.78 is 16.9. The molecule has 0 saturated heterocycles. The van der Waals surface area contributed by atoms with Gasteiger partial charge in [-0.05, 0) is 61.4 Å². The number of hydrogen-bond acceptors (Lipinski definition) is 5. The molecule has 3 rings (SSSR count). The second-order valence-electron chi connectivity index (χ2n) is 6.92. The molecule has 0 saturated carbocycles. The lowest BCUT2D eigenvalue weighted by atomic mass is 10.1. The highest BCUT2D eigenvalue weighted by molar-refractivity contribution is 6.31. The first-order chi connectivity index (χ1) is 15.5. The summed E-state index contributed by atoms with van der Waals surface area (Å²) in [6.07, 6.45) is 1.54. The lowest BCUT2D eigenvalue weighted by Crippen LogP contribution is -2.18. The van der Waals surface area contributed by atoms with Crippen molar-refractivity contribution in [1.29, 1.82) is 0 Å². The first-order valence-corrected chi connectivity index (χ1v) is 10.5. The number of amides is 1. The Morgan fingerprint density at radius 3 is 2.59 bits per heavy atom. The van der Waals surface area contributed by atoms with Crippen LogP contribution >= 0.6 is 11.6 Å². The Labute approximate surface area is 192 Å². The largest absolute Gasteiger partial charge is 0.496 e. The van der Waals surface area contributed by atoms with Crippen molar-refractivity contribution in [2.45, 2.75) is 20.5 Å². The Kier molecular flexibility index (Phi) is 8.11. The molecule has 0 aliphatic carbocycles. The van der Waals surface area contributed by atoms with E-state index in [1.165, 1.54) is 7.11 Å². The monoisotopic (exact) mass is 452 g/mol. The molecule has 0 atom stereocenters. The summed E-state index contributed by atoms with van der Waals surface area (Å²) in [5.74, 6) is 1.31. The second-order valence-corrected chi connectivity index (χ2v) is 7.33. The average Bonchev–Trinajstić information content (AvgIpc) is 2.79. The molecule has 0 aliphatic rings. The normalized spacial score (nSPS) is 10.8. The van der Waals surface area contributed by atoms with Crippen molar-refractivity contribution in [1.82, 2.24) is 5.43 Å². The molecule has 1 amide bonds. The van der Waals surface area contributed by atoms with Crippen LogP contribution in [0.4, 0.5) is 0 Å². The van der Waals surface area contributed by atoms with E-state index in [1.807, 2.05) is 50.2 Å². The molecule has 166 valence electrons. The minimum absolute atomic E-state index is 0.321. The lowest BCUT2D eigenvalue weighted by molar-refractivity contribution is 0.0952. The number of hydrazone groups is 1. The zero-order valence-corrected chi connectivity index (χ0v) is 19.0. The van der Waals surface area contributed by atoms with Gasteiger partial charge in [-0.15, -0.1) is 0 Å². The number of hydrogen-bond donors (Lipinski definition) is 1. The Hall–Kier alpha value is -3.51. The van der Waals surface area contributed by atoms with E-state index in [1.54, 1.807) is 30.5 Å². The van der Waals surface area contributed by atoms with Crippen molar-refractivity contribution < 1.29 is 19.0 Å². The molecule has 3 aromatic rings. The van der Waals surface area contributed by atoms with E-state index in [4.69, 9.17) is 25.8 Å². The standard InChI is InChI=1S/C25H25ClN2O4/c1-4-31-24-14-18(10-12-22(24)32-16-19-7-5-6-8-21(19)26)15-27-28-25(29)20-11-9-17(2)13-23(20)30-3/h5-15H,4,16H2,1-3H3,(H,28,29)/b27-15+. The molecule has 0 fully saturated rings. The predicted molar refractivity (Wildman–Crippen MR) is 126 cm³/mol. The number of aryl methyl sites for hydroxylation is 1. The Balaban J connectivity index is 1.69. The number of nitrogens with one attached hydrogen (secondary N) is 1. The summed E-state index contributed by atoms with van der Waals surface area (Å²) in [7, 11) is 1.53. The van der Waals surface area contributed by atoms with Crippen molar-refractivity contribution in [2.24, 2.45) is 5.10 Å². The lowest BCUT2D eigenvalue weighted by Gasteiger charge is -2.13. The van der Waals surface area contributed by atoms with Crippen LogP contribution in [0.25, 0.3) is 0 Å². The van der Waals surface area contributed by atoms with Gasteiger partial charge in [-0.1, -0.05) is 35.9 Å². The molecule has 3 aromatic carbocycles. The maximum Gasteiger partial charge on any atom is 0.275 e. The highest BCUT2D eigenvalue weighted by atomic mass is 35.5. The van der Waals surface area contributed by atoms with E-state index in [9.17, 15) is 4.79 Å². The van der Waals surface area contributed by atoms with Crippen molar-refractivity contribution in [3.05, 3.63) is 87.9 Å². The van der Waals surface area contributed by atoms with Gasteiger partial charge in [0.15, 0.2) is 11.5 Å². The van der Waals surface area contributed by atoms with E-state index in [-0.39, 0.29) is 5.91 Å². The van der Waals surface area contributed by atoms with Crippen LogP contribution < -0.4 is 19.6 Å². The Morgan fingerprint density at radius 1 is 1.03 bits per heavy atom. The summed E-state index contributed by atoms with van der Waals surface area (Å²) in [4.78, 5) is 12.4. The summed E-state index contributed by atoms with van der Waals surface area (Å²) in [5.41, 5.74) is 5.57. The fraction of sp³-hybridized carbons (Fsp3) is 0.200. The van der Waals surface area contributed by atoms with Gasteiger partial charge in [0.25, 0.3) is 5.91 Å². The summed E-state index contributed by atoms with van der Waals surface area (Å²) in [5, 5.41) is 4.71. The molecular formula is C25H25ClN2O4. The third-order valence-corrected chi connectivity index (χ3v) is 4.96. The van der Waals surface area contributed by atoms with Gasteiger partial charge < -0.3 is 14.2 Å². The predicted octanol–water partition coefficient (Wildman–Crippen LogP) is 5.40. The molecule has 0 spiro atoms. The SMILES string of the molecule is CCOc1cc(/C=N/NC(=O)c2ccc(C)cc2OC)ccc1OCc1ccccc1Cl. The number of nitrogens with zero attached hydrogens (tertiary/aromatic N) is 1. The number of carbonyl (C=O) groups excluding carboxylic acids is 1. The third-order valence-electron chi connectivity index (χ3n) is 4.59. The summed E-state index contributed by atoms with van der Waals surface area (Å²) in [6, 6.07) is 18.3. The zero-order valence-electron chi connectivity index (χ0n) is 18.2. The Morgan fingerprint density at radius 2 is 1.84 bits per heavy atom. The number of carbonyl (C=O) groups is 1. The van der Waals surface area contributed by atoms with Crippen LogP contribution in [0.5, 0.6) is 17.2 Å². The van der Waals surface area contributed by atoms with E-state index in [0.717, 1.165) is 16.7 Å². The van der Waals surface area contributed by atoms with Crippen LogP contribution in [0, 0.1) is 6.92 Å². The fourth-order valence-electron chi connectivity index (χ4n) is 2.98. The van der Waals surface area contributed by atoms with Crippen LogP contribution in [0.2, 0.25) is 5.02 Å². The quantitative estimate of drug-likeness (QED) is 0.348. The second kappa shape index (κ2) is 11.2. The van der Waals surface area contributed by atoms with Gasteiger partial charge in [-0.25, -0.2) is 5.43 Å². The molecule has 32 heavy (non-hydrogen) atoms. The van der Waals surface area contributed by atoms with Crippen molar-refractivity contribution >= 4 is 23.7 Å². The van der Waals surface area contributed by atoms with Gasteiger partial charge in [-0.2, -0.15) is 5.10 Å². The van der Waals surface area contributed by atoms with Crippen molar-refractivity contribution in [3.63, 3.8) is 0 Å². The van der Waals surface area contributed by atoms with E-state index in [2.05, 4.69) is 10.5 Å². The first kappa shape index (κ1) is 23.2. The van der Waals surface area contributed by atoms with Crippen LogP contribution in [-0.4, -0.2) is 25.8 Å². The van der Waals surface area contributed by atoms with Crippen molar-refractivity contribution in [3.8, 4) is 17.2 Å². The van der Waals surface area contributed by atoms with Crippen molar-refractivity contribution in [2.75, 3.05) is 13.7 Å². The van der Waals surface area contributed by atoms with Crippen LogP contribution in [0.3, 0.4) is 0 Å². The molecule has 6 nitrogen and oxygen atoms in total. The summed E-state index contributed by atoms with van der Waals surface area (Å²) >= 11 is 6.20. The number of halogens is 1. The molecular weight excluding hydrogens is 428 g/mol. The van der Waals surface area contributed by atoms with Gasteiger partial charge in [0.2, 0.25) is 0 Å². The van der Waals surface area contributed by atoms with Crippen LogP contribution in [0.15, 0.2) is 65.8 Å². The van der Waals surface area contributed by atoms with E-state index >= 15 is 0 Å². The molecule has 0 bridgehead atoms. The molecule has 0 heterocycles. The van der Waals surface area contributed by atoms with E-state index < -0.39 is 0 Å². The van der Waals surface area contributed by atoms with Gasteiger partial charge in [0, 0.05) is 10.6 Å². The van der Waals surface area contributed by atoms with Gasteiger partial charge in [-0.3, -0.25) is 4.79 Å². The maximum atomic E-state index is 12.4. The molecule has 0 aliphatic heterocycles. The molecule has 7 heteroatoms. The zero-order chi connectivity index (χ0) is 22.9. The Bertz CT molecular complexity index is 1110. The number of benzene rings is 3. The smallest absolute Gasteiger partial charge is 0.275 e.